The molecule has 0 aliphatic rings. The number of carbonyl (C=O) groups excluding carboxylic acids is 1. The van der Waals surface area contributed by atoms with Crippen molar-refractivity contribution in [2.24, 2.45) is 0 Å². The third-order valence-electron chi connectivity index (χ3n) is 4.92. The van der Waals surface area contributed by atoms with Gasteiger partial charge in [-0.3, -0.25) is 19.1 Å². The van der Waals surface area contributed by atoms with Crippen LogP contribution in [0.25, 0.3) is 32.0 Å². The maximum atomic E-state index is 12.9. The Kier molecular flexibility index (Phi) is 5.83. The summed E-state index contributed by atoms with van der Waals surface area (Å²) in [4.78, 5) is 38.6. The molecule has 1 aromatic carbocycles. The lowest BCUT2D eigenvalue weighted by Crippen LogP contribution is -2.25. The molecule has 0 saturated carbocycles. The highest BCUT2D eigenvalue weighted by Crippen LogP contribution is 2.31. The van der Waals surface area contributed by atoms with Crippen LogP contribution in [-0.2, 0) is 22.7 Å². The number of ether oxygens (including phenoxy) is 2. The number of hydrogen-bond donors (Lipinski definition) is 0. The molecule has 5 rings (SSSR count). The molecule has 0 atom stereocenters. The lowest BCUT2D eigenvalue weighted by molar-refractivity contribution is -0.146. The van der Waals surface area contributed by atoms with E-state index < -0.39 is 5.97 Å². The highest BCUT2D eigenvalue weighted by Gasteiger charge is 2.15. The molecule has 0 fully saturated rings. The Morgan fingerprint density at radius 3 is 2.79 bits per heavy atom. The largest absolute Gasteiger partial charge is 0.497 e. The normalized spacial score (nSPS) is 11.0. The van der Waals surface area contributed by atoms with Gasteiger partial charge in [0.25, 0.3) is 11.4 Å². The van der Waals surface area contributed by atoms with Crippen molar-refractivity contribution in [3.05, 3.63) is 77.4 Å². The number of aromatic nitrogens is 5. The molecule has 0 radical (unpaired) electrons. The SMILES string of the molecule is COc1ccc(-c2cc3ncn(CC(=O)OCc4nc(-c5cccnc5)no4)c(=O)c3s2)cc1. The molecule has 11 heteroatoms. The molecule has 0 aliphatic heterocycles. The van der Waals surface area contributed by atoms with Crippen molar-refractivity contribution in [2.75, 3.05) is 7.11 Å². The van der Waals surface area contributed by atoms with E-state index in [2.05, 4.69) is 20.1 Å². The molecule has 170 valence electrons. The van der Waals surface area contributed by atoms with Crippen LogP contribution in [0.1, 0.15) is 5.89 Å². The third-order valence-corrected chi connectivity index (χ3v) is 6.08. The van der Waals surface area contributed by atoms with Crippen molar-refractivity contribution in [3.63, 3.8) is 0 Å². The zero-order valence-electron chi connectivity index (χ0n) is 17.9. The second kappa shape index (κ2) is 9.24. The number of fused-ring (bicyclic) bond motifs is 1. The van der Waals surface area contributed by atoms with E-state index in [-0.39, 0.29) is 24.6 Å². The molecule has 0 saturated heterocycles. The van der Waals surface area contributed by atoms with Crippen LogP contribution >= 0.6 is 11.3 Å². The molecule has 0 amide bonds. The topological polar surface area (TPSA) is 122 Å². The highest BCUT2D eigenvalue weighted by molar-refractivity contribution is 7.22. The first-order chi connectivity index (χ1) is 16.6. The molecule has 10 nitrogen and oxygen atoms in total. The fraction of sp³-hybridized carbons (Fsp3) is 0.130. The highest BCUT2D eigenvalue weighted by atomic mass is 32.1. The van der Waals surface area contributed by atoms with E-state index in [1.54, 1.807) is 31.6 Å². The van der Waals surface area contributed by atoms with Crippen LogP contribution in [0.3, 0.4) is 0 Å². The van der Waals surface area contributed by atoms with Crippen molar-refractivity contribution < 1.29 is 18.8 Å². The van der Waals surface area contributed by atoms with Crippen LogP contribution in [0.4, 0.5) is 0 Å². The smallest absolute Gasteiger partial charge is 0.326 e. The van der Waals surface area contributed by atoms with E-state index in [4.69, 9.17) is 14.0 Å². The molecule has 0 N–H and O–H groups in total. The first-order valence-electron chi connectivity index (χ1n) is 10.1. The molecule has 0 bridgehead atoms. The van der Waals surface area contributed by atoms with E-state index in [1.165, 1.54) is 22.2 Å². The quantitative estimate of drug-likeness (QED) is 0.326. The number of carbonyl (C=O) groups is 1. The Balaban J connectivity index is 1.27. The summed E-state index contributed by atoms with van der Waals surface area (Å²) in [7, 11) is 1.60. The minimum absolute atomic E-state index is 0.135. The van der Waals surface area contributed by atoms with E-state index >= 15 is 0 Å². The van der Waals surface area contributed by atoms with Gasteiger partial charge in [0, 0.05) is 22.8 Å². The minimum atomic E-state index is -0.628. The number of methoxy groups -OCH3 is 1. The van der Waals surface area contributed by atoms with Gasteiger partial charge in [-0.25, -0.2) is 4.98 Å². The van der Waals surface area contributed by atoms with Gasteiger partial charge < -0.3 is 14.0 Å². The summed E-state index contributed by atoms with van der Waals surface area (Å²) in [5, 5.41) is 3.85. The summed E-state index contributed by atoms with van der Waals surface area (Å²) in [6, 6.07) is 12.9. The van der Waals surface area contributed by atoms with Gasteiger partial charge in [-0.2, -0.15) is 4.98 Å². The van der Waals surface area contributed by atoms with Gasteiger partial charge in [-0.1, -0.05) is 5.16 Å². The summed E-state index contributed by atoms with van der Waals surface area (Å²) >= 11 is 1.32. The van der Waals surface area contributed by atoms with Crippen molar-refractivity contribution in [1.82, 2.24) is 24.7 Å². The molecule has 0 spiro atoms. The van der Waals surface area contributed by atoms with Crippen LogP contribution in [0.15, 0.2) is 70.5 Å². The minimum Gasteiger partial charge on any atom is -0.497 e. The summed E-state index contributed by atoms with van der Waals surface area (Å²) < 4.78 is 17.2. The molecule has 0 unspecified atom stereocenters. The van der Waals surface area contributed by atoms with Gasteiger partial charge in [0.2, 0.25) is 5.82 Å². The van der Waals surface area contributed by atoms with Gasteiger partial charge in [-0.05, 0) is 48.0 Å². The predicted molar refractivity (Wildman–Crippen MR) is 123 cm³/mol. The molecular weight excluding hydrogens is 458 g/mol. The van der Waals surface area contributed by atoms with Crippen LogP contribution in [0, 0.1) is 0 Å². The van der Waals surface area contributed by atoms with E-state index in [0.29, 0.717) is 21.6 Å². The standard InChI is InChI=1S/C23H17N5O5S/c1-31-16-6-4-14(5-7-16)18-9-17-21(34-18)23(30)28(13-25-17)11-20(29)32-12-19-26-22(27-33-19)15-3-2-8-24-10-15/h2-10,13H,11-12H2,1H3. The van der Waals surface area contributed by atoms with Crippen molar-refractivity contribution in [3.8, 4) is 27.6 Å². The fourth-order valence-electron chi connectivity index (χ4n) is 3.21. The molecule has 5 aromatic rings. The molecule has 4 heterocycles. The number of thiophene rings is 1. The molecule has 34 heavy (non-hydrogen) atoms. The fourth-order valence-corrected chi connectivity index (χ4v) is 4.27. The van der Waals surface area contributed by atoms with Crippen LogP contribution in [0.5, 0.6) is 5.75 Å². The first kappa shape index (κ1) is 21.5. The summed E-state index contributed by atoms with van der Waals surface area (Å²) in [6.45, 7) is -0.502. The van der Waals surface area contributed by atoms with E-state index in [9.17, 15) is 9.59 Å². The lowest BCUT2D eigenvalue weighted by atomic mass is 10.2. The van der Waals surface area contributed by atoms with Crippen molar-refractivity contribution in [2.45, 2.75) is 13.2 Å². The Morgan fingerprint density at radius 2 is 2.03 bits per heavy atom. The molecular formula is C23H17N5O5S. The number of hydrogen-bond acceptors (Lipinski definition) is 10. The maximum Gasteiger partial charge on any atom is 0.326 e. The third kappa shape index (κ3) is 4.41. The average Bonchev–Trinajstić information content (AvgIpc) is 3.53. The van der Waals surface area contributed by atoms with Gasteiger partial charge in [0.1, 0.15) is 17.0 Å². The van der Waals surface area contributed by atoms with Crippen molar-refractivity contribution >= 4 is 27.5 Å². The summed E-state index contributed by atoms with van der Waals surface area (Å²) in [5.41, 5.74) is 1.88. The van der Waals surface area contributed by atoms with Crippen LogP contribution in [0.2, 0.25) is 0 Å². The van der Waals surface area contributed by atoms with E-state index in [1.807, 2.05) is 30.3 Å². The monoisotopic (exact) mass is 475 g/mol. The zero-order chi connectivity index (χ0) is 23.5. The number of nitrogens with zero attached hydrogens (tertiary/aromatic N) is 5. The van der Waals surface area contributed by atoms with Gasteiger partial charge in [0.05, 0.1) is 19.0 Å². The number of benzene rings is 1. The maximum absolute atomic E-state index is 12.9. The Labute approximate surface area is 196 Å². The summed E-state index contributed by atoms with van der Waals surface area (Å²) in [6.07, 6.45) is 4.57. The van der Waals surface area contributed by atoms with Crippen LogP contribution in [-0.4, -0.2) is 37.8 Å². The Morgan fingerprint density at radius 1 is 1.18 bits per heavy atom. The van der Waals surface area contributed by atoms with Gasteiger partial charge >= 0.3 is 5.97 Å². The first-order valence-corrected chi connectivity index (χ1v) is 10.9. The predicted octanol–water partition coefficient (Wildman–Crippen LogP) is 3.32. The molecule has 4 aromatic heterocycles. The Bertz CT molecular complexity index is 1510. The van der Waals surface area contributed by atoms with Gasteiger partial charge in [0.15, 0.2) is 6.61 Å². The number of rotatable bonds is 7. The zero-order valence-corrected chi connectivity index (χ0v) is 18.7. The van der Waals surface area contributed by atoms with Crippen molar-refractivity contribution in [1.29, 1.82) is 0 Å². The summed E-state index contributed by atoms with van der Waals surface area (Å²) in [5.74, 6) is 0.597. The van der Waals surface area contributed by atoms with Crippen LogP contribution < -0.4 is 10.3 Å². The average molecular weight is 475 g/mol. The lowest BCUT2D eigenvalue weighted by Gasteiger charge is -2.04. The Hall–Kier alpha value is -4.38. The second-order valence-corrected chi connectivity index (χ2v) is 8.20. The second-order valence-electron chi connectivity index (χ2n) is 7.15. The number of esters is 1. The van der Waals surface area contributed by atoms with E-state index in [0.717, 1.165) is 16.2 Å². The number of pyridine rings is 1. The van der Waals surface area contributed by atoms with Gasteiger partial charge in [-0.15, -0.1) is 11.3 Å². The molecule has 0 aliphatic carbocycles.